The number of hydrogen-bond acceptors (Lipinski definition) is 4. The zero-order valence-corrected chi connectivity index (χ0v) is 12.3. The second kappa shape index (κ2) is 6.54. The Hall–Kier alpha value is -1.85. The lowest BCUT2D eigenvalue weighted by Crippen LogP contribution is -2.05. The molecular formula is C15H17N3OS. The van der Waals surface area contributed by atoms with Gasteiger partial charge < -0.3 is 11.1 Å². The largest absolute Gasteiger partial charge is 0.326 e. The number of anilines is 1. The first-order chi connectivity index (χ1) is 9.54. The molecule has 0 saturated heterocycles. The third kappa shape index (κ3) is 4.08. The summed E-state index contributed by atoms with van der Waals surface area (Å²) in [7, 11) is 0. The molecule has 0 aliphatic carbocycles. The summed E-state index contributed by atoms with van der Waals surface area (Å²) in [4.78, 5) is 16.3. The van der Waals surface area contributed by atoms with E-state index in [4.69, 9.17) is 5.73 Å². The quantitative estimate of drug-likeness (QED) is 0.906. The molecule has 1 atom stereocenters. The van der Waals surface area contributed by atoms with E-state index in [0.29, 0.717) is 0 Å². The Balaban J connectivity index is 2.10. The van der Waals surface area contributed by atoms with Crippen LogP contribution in [0.25, 0.3) is 0 Å². The first-order valence-electron chi connectivity index (χ1n) is 6.31. The number of rotatable bonds is 4. The summed E-state index contributed by atoms with van der Waals surface area (Å²) in [6.07, 6.45) is 1.77. The molecule has 20 heavy (non-hydrogen) atoms. The number of nitrogens with zero attached hydrogens (tertiary/aromatic N) is 1. The molecule has 0 saturated carbocycles. The van der Waals surface area contributed by atoms with Crippen LogP contribution in [0, 0.1) is 0 Å². The van der Waals surface area contributed by atoms with Crippen molar-refractivity contribution in [3.63, 3.8) is 0 Å². The molecule has 4 nitrogen and oxygen atoms in total. The van der Waals surface area contributed by atoms with Gasteiger partial charge >= 0.3 is 0 Å². The molecule has 0 fully saturated rings. The summed E-state index contributed by atoms with van der Waals surface area (Å²) in [5.41, 5.74) is 7.72. The molecule has 2 aromatic rings. The Morgan fingerprint density at radius 3 is 2.60 bits per heavy atom. The van der Waals surface area contributed by atoms with Crippen LogP contribution in [-0.2, 0) is 4.79 Å². The summed E-state index contributed by atoms with van der Waals surface area (Å²) < 4.78 is 0. The molecule has 1 heterocycles. The lowest BCUT2D eigenvalue weighted by atomic mass is 10.1. The predicted molar refractivity (Wildman–Crippen MR) is 81.7 cm³/mol. The first-order valence-corrected chi connectivity index (χ1v) is 7.13. The van der Waals surface area contributed by atoms with Gasteiger partial charge in [-0.3, -0.25) is 4.79 Å². The third-order valence-electron chi connectivity index (χ3n) is 2.68. The molecule has 1 amide bonds. The van der Waals surface area contributed by atoms with E-state index in [-0.39, 0.29) is 11.9 Å². The molecule has 1 unspecified atom stereocenters. The highest BCUT2D eigenvalue weighted by Crippen LogP contribution is 2.28. The smallest absolute Gasteiger partial charge is 0.221 e. The van der Waals surface area contributed by atoms with Crippen LogP contribution in [0.15, 0.2) is 52.5 Å². The van der Waals surface area contributed by atoms with E-state index in [2.05, 4.69) is 10.3 Å². The van der Waals surface area contributed by atoms with Gasteiger partial charge in [-0.2, -0.15) is 0 Å². The standard InChI is InChI=1S/C15H17N3OS/c1-10(16)12-7-8-17-15(9-12)20-14-5-3-13(4-6-14)18-11(2)19/h3-10H,16H2,1-2H3,(H,18,19). The first kappa shape index (κ1) is 14.6. The molecule has 2 rings (SSSR count). The van der Waals surface area contributed by atoms with Gasteiger partial charge in [-0.25, -0.2) is 4.98 Å². The average molecular weight is 287 g/mol. The summed E-state index contributed by atoms with van der Waals surface area (Å²) in [5.74, 6) is -0.0725. The highest BCUT2D eigenvalue weighted by atomic mass is 32.2. The maximum Gasteiger partial charge on any atom is 0.221 e. The summed E-state index contributed by atoms with van der Waals surface area (Å²) in [5, 5.41) is 3.65. The van der Waals surface area contributed by atoms with Crippen molar-refractivity contribution in [1.82, 2.24) is 4.98 Å². The molecule has 0 radical (unpaired) electrons. The van der Waals surface area contributed by atoms with E-state index in [0.717, 1.165) is 21.2 Å². The SMILES string of the molecule is CC(=O)Nc1ccc(Sc2cc(C(C)N)ccn2)cc1. The van der Waals surface area contributed by atoms with Crippen LogP contribution >= 0.6 is 11.8 Å². The van der Waals surface area contributed by atoms with Crippen molar-refractivity contribution in [3.05, 3.63) is 48.2 Å². The fraction of sp³-hybridized carbons (Fsp3) is 0.200. The summed E-state index contributed by atoms with van der Waals surface area (Å²) in [6, 6.07) is 11.6. The predicted octanol–water partition coefficient (Wildman–Crippen LogP) is 3.21. The van der Waals surface area contributed by atoms with Gasteiger partial charge in [-0.1, -0.05) is 11.8 Å². The highest BCUT2D eigenvalue weighted by molar-refractivity contribution is 7.99. The third-order valence-corrected chi connectivity index (χ3v) is 3.62. The monoisotopic (exact) mass is 287 g/mol. The van der Waals surface area contributed by atoms with Crippen LogP contribution in [0.4, 0.5) is 5.69 Å². The Labute approximate surface area is 122 Å². The number of carbonyl (C=O) groups is 1. The zero-order valence-electron chi connectivity index (χ0n) is 11.5. The fourth-order valence-electron chi connectivity index (χ4n) is 1.69. The van der Waals surface area contributed by atoms with Gasteiger partial charge in [0.1, 0.15) is 5.03 Å². The molecule has 1 aromatic carbocycles. The summed E-state index contributed by atoms with van der Waals surface area (Å²) >= 11 is 1.57. The normalized spacial score (nSPS) is 11.9. The lowest BCUT2D eigenvalue weighted by Gasteiger charge is -2.08. The number of hydrogen-bond donors (Lipinski definition) is 2. The van der Waals surface area contributed by atoms with Crippen LogP contribution in [0.5, 0.6) is 0 Å². The van der Waals surface area contributed by atoms with Gasteiger partial charge in [0, 0.05) is 29.7 Å². The molecule has 0 aliphatic rings. The minimum absolute atomic E-state index is 0.000470. The van der Waals surface area contributed by atoms with Crippen molar-refractivity contribution in [2.45, 2.75) is 29.8 Å². The van der Waals surface area contributed by atoms with E-state index in [1.54, 1.807) is 18.0 Å². The van der Waals surface area contributed by atoms with Crippen LogP contribution in [0.2, 0.25) is 0 Å². The van der Waals surface area contributed by atoms with Gasteiger partial charge in [0.25, 0.3) is 0 Å². The van der Waals surface area contributed by atoms with Crippen LogP contribution in [-0.4, -0.2) is 10.9 Å². The van der Waals surface area contributed by atoms with E-state index >= 15 is 0 Å². The van der Waals surface area contributed by atoms with Crippen molar-refractivity contribution in [3.8, 4) is 0 Å². The van der Waals surface area contributed by atoms with Crippen molar-refractivity contribution < 1.29 is 4.79 Å². The number of benzene rings is 1. The van der Waals surface area contributed by atoms with E-state index in [9.17, 15) is 4.79 Å². The van der Waals surface area contributed by atoms with Gasteiger partial charge in [0.15, 0.2) is 0 Å². The van der Waals surface area contributed by atoms with E-state index in [1.165, 1.54) is 6.92 Å². The fourth-order valence-corrected chi connectivity index (χ4v) is 2.52. The van der Waals surface area contributed by atoms with Gasteiger partial charge in [0.2, 0.25) is 5.91 Å². The van der Waals surface area contributed by atoms with Crippen molar-refractivity contribution in [2.24, 2.45) is 5.73 Å². The van der Waals surface area contributed by atoms with Gasteiger partial charge in [-0.15, -0.1) is 0 Å². The zero-order chi connectivity index (χ0) is 14.5. The van der Waals surface area contributed by atoms with Crippen LogP contribution < -0.4 is 11.1 Å². The lowest BCUT2D eigenvalue weighted by molar-refractivity contribution is -0.114. The van der Waals surface area contributed by atoms with E-state index in [1.807, 2.05) is 43.3 Å². The van der Waals surface area contributed by atoms with Crippen LogP contribution in [0.1, 0.15) is 25.5 Å². The van der Waals surface area contributed by atoms with E-state index < -0.39 is 0 Å². The molecule has 104 valence electrons. The van der Waals surface area contributed by atoms with Crippen molar-refractivity contribution in [1.29, 1.82) is 0 Å². The molecule has 5 heteroatoms. The number of nitrogens with two attached hydrogens (primary N) is 1. The Morgan fingerprint density at radius 2 is 2.00 bits per heavy atom. The molecule has 3 N–H and O–H groups in total. The van der Waals surface area contributed by atoms with Crippen molar-refractivity contribution >= 4 is 23.4 Å². The Morgan fingerprint density at radius 1 is 1.30 bits per heavy atom. The number of carbonyl (C=O) groups excluding carboxylic acids is 1. The molecule has 1 aromatic heterocycles. The second-order valence-electron chi connectivity index (χ2n) is 4.52. The molecular weight excluding hydrogens is 270 g/mol. The summed E-state index contributed by atoms with van der Waals surface area (Å²) in [6.45, 7) is 3.44. The number of amides is 1. The van der Waals surface area contributed by atoms with Crippen molar-refractivity contribution in [2.75, 3.05) is 5.32 Å². The topological polar surface area (TPSA) is 68.0 Å². The highest BCUT2D eigenvalue weighted by Gasteiger charge is 2.04. The number of nitrogens with one attached hydrogen (secondary N) is 1. The molecule has 0 bridgehead atoms. The number of pyridine rings is 1. The minimum Gasteiger partial charge on any atom is -0.326 e. The second-order valence-corrected chi connectivity index (χ2v) is 5.62. The maximum absolute atomic E-state index is 11.0. The molecule has 0 spiro atoms. The Kier molecular flexibility index (Phi) is 4.76. The molecule has 0 aliphatic heterocycles. The maximum atomic E-state index is 11.0. The number of aromatic nitrogens is 1. The van der Waals surface area contributed by atoms with Gasteiger partial charge in [-0.05, 0) is 48.9 Å². The minimum atomic E-state index is -0.0725. The van der Waals surface area contributed by atoms with Gasteiger partial charge in [0.05, 0.1) is 0 Å². The van der Waals surface area contributed by atoms with Crippen LogP contribution in [0.3, 0.4) is 0 Å². The average Bonchev–Trinajstić information content (AvgIpc) is 2.41. The Bertz CT molecular complexity index is 596.